The number of carbonyl (C=O) groups is 2. The van der Waals surface area contributed by atoms with E-state index >= 15 is 0 Å². The lowest BCUT2D eigenvalue weighted by Gasteiger charge is -2.35. The maximum Gasteiger partial charge on any atom is 0.276 e. The molecule has 190 valence electrons. The van der Waals surface area contributed by atoms with Crippen LogP contribution in [0.25, 0.3) is 6.08 Å². The van der Waals surface area contributed by atoms with Crippen molar-refractivity contribution in [3.05, 3.63) is 46.0 Å². The number of fused-ring (bicyclic) bond motifs is 2. The van der Waals surface area contributed by atoms with Gasteiger partial charge in [-0.1, -0.05) is 29.0 Å². The highest BCUT2D eigenvalue weighted by Gasteiger charge is 2.69. The highest BCUT2D eigenvalue weighted by molar-refractivity contribution is 8.79. The van der Waals surface area contributed by atoms with Crippen LogP contribution in [0.3, 0.4) is 0 Å². The third-order valence-electron chi connectivity index (χ3n) is 6.00. The van der Waals surface area contributed by atoms with E-state index in [9.17, 15) is 24.4 Å². The van der Waals surface area contributed by atoms with Gasteiger partial charge in [0.1, 0.15) is 23.9 Å². The Morgan fingerprint density at radius 1 is 1.34 bits per heavy atom. The average Bonchev–Trinajstić information content (AvgIpc) is 3.32. The zero-order valence-electron chi connectivity index (χ0n) is 19.9. The summed E-state index contributed by atoms with van der Waals surface area (Å²) in [5.41, 5.74) is -0.295. The fourth-order valence-corrected chi connectivity index (χ4v) is 8.59. The Balaban J connectivity index is 2.02. The van der Waals surface area contributed by atoms with E-state index in [0.717, 1.165) is 0 Å². The minimum Gasteiger partial charge on any atom is -0.604 e. The summed E-state index contributed by atoms with van der Waals surface area (Å²) < 4.78 is 11.6. The lowest BCUT2D eigenvalue weighted by Crippen LogP contribution is -2.56. The minimum atomic E-state index is -1.96. The zero-order chi connectivity index (χ0) is 25.8. The number of aliphatic hydroxyl groups is 2. The molecule has 0 aliphatic carbocycles. The first-order valence-corrected chi connectivity index (χ1v) is 14.3. The van der Waals surface area contributed by atoms with Gasteiger partial charge in [0.25, 0.3) is 5.12 Å². The van der Waals surface area contributed by atoms with Gasteiger partial charge in [0.15, 0.2) is 21.1 Å². The van der Waals surface area contributed by atoms with E-state index in [0.29, 0.717) is 27.1 Å². The van der Waals surface area contributed by atoms with Crippen molar-refractivity contribution in [1.29, 1.82) is 0 Å². The van der Waals surface area contributed by atoms with Crippen molar-refractivity contribution in [2.75, 3.05) is 7.11 Å². The Bertz CT molecular complexity index is 1080. The van der Waals surface area contributed by atoms with E-state index in [1.54, 1.807) is 44.2 Å². The van der Waals surface area contributed by atoms with Crippen LogP contribution >= 0.6 is 22.1 Å². The fourth-order valence-electron chi connectivity index (χ4n) is 3.85. The van der Waals surface area contributed by atoms with Gasteiger partial charge in [-0.05, 0) is 39.3 Å². The van der Waals surface area contributed by atoms with Gasteiger partial charge in [0.2, 0.25) is 5.91 Å². The van der Waals surface area contributed by atoms with Crippen molar-refractivity contribution in [3.8, 4) is 0 Å². The maximum atomic E-state index is 13.1. The number of allylic oxidation sites excluding steroid dienone is 3. The van der Waals surface area contributed by atoms with Gasteiger partial charge >= 0.3 is 0 Å². The van der Waals surface area contributed by atoms with Crippen LogP contribution in [0.1, 0.15) is 56.8 Å². The first kappa shape index (κ1) is 27.6. The zero-order valence-corrected chi connectivity index (χ0v) is 22.3. The molecule has 1 saturated heterocycles. The van der Waals surface area contributed by atoms with E-state index in [1.807, 2.05) is 5.38 Å². The maximum absolute atomic E-state index is 13.1. The SMILES string of the molecule is CO\N=C1/C=C/C=C\c2csc(n2)C(C)NC(=O)C[C@@]2(CC/C(C)=C/[C@H]1O)[S+]([O-])SC(=O)[C@]2(C)O. The monoisotopic (exact) mass is 539 g/mol. The number of thiazole rings is 1. The molecule has 3 N–H and O–H groups in total. The number of hydrogen-bond donors (Lipinski definition) is 3. The Morgan fingerprint density at radius 3 is 2.71 bits per heavy atom. The number of oxime groups is 1. The molecule has 1 amide bonds. The summed E-state index contributed by atoms with van der Waals surface area (Å²) in [6.45, 7) is 4.88. The predicted octanol–water partition coefficient (Wildman–Crippen LogP) is 2.81. The summed E-state index contributed by atoms with van der Waals surface area (Å²) in [5, 5.41) is 30.4. The van der Waals surface area contributed by atoms with E-state index in [-0.39, 0.29) is 25.0 Å². The molecular weight excluding hydrogens is 510 g/mol. The van der Waals surface area contributed by atoms with Gasteiger partial charge in [-0.2, -0.15) is 0 Å². The summed E-state index contributed by atoms with van der Waals surface area (Å²) >= 11 is 1.38. The van der Waals surface area contributed by atoms with Crippen LogP contribution in [0, 0.1) is 0 Å². The fraction of sp³-hybridized carbons (Fsp3) is 0.478. The lowest BCUT2D eigenvalue weighted by atomic mass is 9.81. The van der Waals surface area contributed by atoms with Gasteiger partial charge in [-0.3, -0.25) is 9.59 Å². The van der Waals surface area contributed by atoms with E-state index in [1.165, 1.54) is 25.4 Å². The molecule has 1 fully saturated rings. The molecule has 2 aliphatic heterocycles. The molecule has 3 heterocycles. The van der Waals surface area contributed by atoms with Crippen LogP contribution in [0.5, 0.6) is 0 Å². The quantitative estimate of drug-likeness (QED) is 0.214. The van der Waals surface area contributed by atoms with Gasteiger partial charge in [-0.25, -0.2) is 4.98 Å². The smallest absolute Gasteiger partial charge is 0.276 e. The first-order valence-electron chi connectivity index (χ1n) is 10.9. The summed E-state index contributed by atoms with van der Waals surface area (Å²) in [5.74, 6) is -0.436. The van der Waals surface area contributed by atoms with Crippen molar-refractivity contribution >= 4 is 55.1 Å². The largest absolute Gasteiger partial charge is 0.604 e. The van der Waals surface area contributed by atoms with Crippen LogP contribution in [0.15, 0.2) is 40.4 Å². The number of hydrogen-bond acceptors (Lipinski definition) is 10. The normalized spacial score (nSPS) is 37.3. The predicted molar refractivity (Wildman–Crippen MR) is 139 cm³/mol. The number of rotatable bonds is 1. The van der Waals surface area contributed by atoms with Crippen molar-refractivity contribution < 1.29 is 29.2 Å². The number of aliphatic hydroxyl groups excluding tert-OH is 1. The van der Waals surface area contributed by atoms with Crippen LogP contribution in [0.4, 0.5) is 0 Å². The number of carbonyl (C=O) groups excluding carboxylic acids is 2. The van der Waals surface area contributed by atoms with Crippen molar-refractivity contribution in [2.45, 2.75) is 62.5 Å². The molecule has 35 heavy (non-hydrogen) atoms. The number of nitrogens with zero attached hydrogens (tertiary/aromatic N) is 2. The molecule has 9 nitrogen and oxygen atoms in total. The molecule has 0 aromatic carbocycles. The highest BCUT2D eigenvalue weighted by atomic mass is 33.1. The van der Waals surface area contributed by atoms with Gasteiger partial charge in [0, 0.05) is 22.0 Å². The number of nitrogens with one attached hydrogen (secondary N) is 1. The van der Waals surface area contributed by atoms with Crippen LogP contribution in [0.2, 0.25) is 0 Å². The molecule has 2 bridgehead atoms. The highest BCUT2D eigenvalue weighted by Crippen LogP contribution is 2.52. The summed E-state index contributed by atoms with van der Waals surface area (Å²) in [6, 6.07) is -0.415. The molecule has 0 radical (unpaired) electrons. The van der Waals surface area contributed by atoms with Gasteiger partial charge < -0.3 is 24.9 Å². The Labute approximate surface area is 215 Å². The van der Waals surface area contributed by atoms with E-state index < -0.39 is 43.7 Å². The van der Waals surface area contributed by atoms with Crippen molar-refractivity contribution in [3.63, 3.8) is 0 Å². The lowest BCUT2D eigenvalue weighted by molar-refractivity contribution is -0.132. The van der Waals surface area contributed by atoms with Gasteiger partial charge in [0.05, 0.1) is 18.2 Å². The Morgan fingerprint density at radius 2 is 2.06 bits per heavy atom. The number of aromatic nitrogens is 1. The minimum absolute atomic E-state index is 0.0962. The van der Waals surface area contributed by atoms with E-state index in [4.69, 9.17) is 4.84 Å². The van der Waals surface area contributed by atoms with Crippen molar-refractivity contribution in [1.82, 2.24) is 10.3 Å². The Hall–Kier alpha value is -1.96. The molecule has 3 rings (SSSR count). The molecule has 12 heteroatoms. The van der Waals surface area contributed by atoms with E-state index in [2.05, 4.69) is 15.5 Å². The van der Waals surface area contributed by atoms with Crippen LogP contribution in [-0.2, 0) is 24.6 Å². The van der Waals surface area contributed by atoms with Crippen LogP contribution < -0.4 is 5.32 Å². The molecule has 0 saturated carbocycles. The van der Waals surface area contributed by atoms with Crippen molar-refractivity contribution in [2.24, 2.45) is 5.16 Å². The second kappa shape index (κ2) is 11.4. The second-order valence-corrected chi connectivity index (χ2v) is 12.7. The second-order valence-electron chi connectivity index (χ2n) is 8.62. The molecule has 5 atom stereocenters. The third kappa shape index (κ3) is 6.07. The summed E-state index contributed by atoms with van der Waals surface area (Å²) in [6.07, 6.45) is 7.42. The first-order chi connectivity index (χ1) is 16.5. The summed E-state index contributed by atoms with van der Waals surface area (Å²) in [7, 11) is 0.0974. The van der Waals surface area contributed by atoms with Gasteiger partial charge in [-0.15, -0.1) is 11.3 Å². The summed E-state index contributed by atoms with van der Waals surface area (Å²) in [4.78, 5) is 34.9. The standard InChI is InChI=1S/C23H29N3O6S3/c1-14-9-10-23(22(3,30)21(29)34-35(23)31)12-19(28)24-15(2)20-25-16(13-33-20)7-5-6-8-17(26-32-4)18(27)11-14/h5-8,11,13,15,18,27,30H,9-10,12H2,1-4H3,(H,24,28)/b7-5-,8-6+,14-11+,26-17+/t15?,18-,22+,23-,35?/m1/s1. The molecule has 2 unspecified atom stereocenters. The molecule has 1 spiro atoms. The molecule has 2 aliphatic rings. The topological polar surface area (TPSA) is 144 Å². The molecular formula is C23H29N3O6S3. The average molecular weight is 540 g/mol. The third-order valence-corrected chi connectivity index (χ3v) is 11.0. The number of amides is 1. The molecule has 1 aromatic heterocycles. The molecule has 1 aromatic rings. The van der Waals surface area contributed by atoms with Crippen LogP contribution in [-0.4, -0.2) is 60.0 Å². The Kier molecular flexibility index (Phi) is 9.00.